The van der Waals surface area contributed by atoms with Crippen LogP contribution in [0.25, 0.3) is 0 Å². The zero-order valence-corrected chi connectivity index (χ0v) is 20.0. The normalized spacial score (nSPS) is 12.4. The predicted molar refractivity (Wildman–Crippen MR) is 122 cm³/mol. The number of aliphatic carboxylic acids is 1. The van der Waals surface area contributed by atoms with Gasteiger partial charge in [-0.2, -0.15) is 0 Å². The van der Waals surface area contributed by atoms with Gasteiger partial charge in [0.25, 0.3) is 5.79 Å². The topological polar surface area (TPSA) is 211 Å². The molecule has 0 spiro atoms. The summed E-state index contributed by atoms with van der Waals surface area (Å²) in [6, 6.07) is 0. The van der Waals surface area contributed by atoms with Crippen LogP contribution in [0.4, 0.5) is 0 Å². The summed E-state index contributed by atoms with van der Waals surface area (Å²) in [4.78, 5) is 10.6. The lowest BCUT2D eigenvalue weighted by Gasteiger charge is -2.40. The minimum absolute atomic E-state index is 0.139. The van der Waals surface area contributed by atoms with Gasteiger partial charge in [0.15, 0.2) is 0 Å². The van der Waals surface area contributed by atoms with E-state index in [0.717, 1.165) is 25.7 Å². The van der Waals surface area contributed by atoms with E-state index in [1.54, 1.807) is 0 Å². The largest absolute Gasteiger partial charge is 0.477 e. The Morgan fingerprint density at radius 2 is 1.03 bits per heavy atom. The summed E-state index contributed by atoms with van der Waals surface area (Å²) in [6.07, 6.45) is 11.7. The molecule has 0 aliphatic heterocycles. The van der Waals surface area contributed by atoms with Gasteiger partial charge in [-0.05, 0) is 6.42 Å². The van der Waals surface area contributed by atoms with Crippen LogP contribution in [0.2, 0.25) is 0 Å². The van der Waals surface area contributed by atoms with Gasteiger partial charge >= 0.3 is 11.8 Å². The van der Waals surface area contributed by atoms with Crippen molar-refractivity contribution in [1.82, 2.24) is 5.32 Å². The molecule has 11 heteroatoms. The van der Waals surface area contributed by atoms with Gasteiger partial charge < -0.3 is 51.3 Å². The molecule has 0 unspecified atom stereocenters. The van der Waals surface area contributed by atoms with Gasteiger partial charge in [-0.3, -0.25) is 0 Å². The van der Waals surface area contributed by atoms with Crippen molar-refractivity contribution in [1.29, 1.82) is 0 Å². The second-order valence-electron chi connectivity index (χ2n) is 8.30. The summed E-state index contributed by atoms with van der Waals surface area (Å²) in [6.45, 7) is 3.61. The second-order valence-corrected chi connectivity index (χ2v) is 8.30. The van der Waals surface area contributed by atoms with Gasteiger partial charge in [-0.1, -0.05) is 77.6 Å². The van der Waals surface area contributed by atoms with Crippen LogP contribution in [0, 0.1) is 0 Å². The summed E-state index contributed by atoms with van der Waals surface area (Å²) in [7, 11) is 0. The maximum atomic E-state index is 10.6. The lowest BCUT2D eigenvalue weighted by molar-refractivity contribution is -0.441. The summed E-state index contributed by atoms with van der Waals surface area (Å²) in [5, 5.41) is 84.3. The van der Waals surface area contributed by atoms with Gasteiger partial charge in [0, 0.05) is 19.5 Å². The first-order valence-corrected chi connectivity index (χ1v) is 11.9. The third-order valence-electron chi connectivity index (χ3n) is 5.30. The number of unbranched alkanes of at least 4 members (excludes halogenated alkanes) is 11. The minimum Gasteiger partial charge on any atom is -0.477 e. The molecule has 0 aliphatic rings. The fraction of sp³-hybridized carbons (Fsp3) is 0.955. The molecule has 0 saturated heterocycles. The lowest BCUT2D eigenvalue weighted by atomic mass is 9.91. The number of aliphatic hydroxyl groups excluding tert-OH is 2. The van der Waals surface area contributed by atoms with Crippen molar-refractivity contribution in [3.63, 3.8) is 0 Å². The number of carboxylic acids is 1. The van der Waals surface area contributed by atoms with Gasteiger partial charge in [0.05, 0.1) is 13.2 Å². The Morgan fingerprint density at radius 3 is 1.36 bits per heavy atom. The molecule has 33 heavy (non-hydrogen) atoms. The van der Waals surface area contributed by atoms with E-state index in [0.29, 0.717) is 19.5 Å². The van der Waals surface area contributed by atoms with E-state index in [1.165, 1.54) is 38.5 Å². The molecule has 0 aromatic rings. The highest BCUT2D eigenvalue weighted by molar-refractivity contribution is 5.76. The molecular weight excluding hydrogens is 438 g/mol. The molecule has 0 radical (unpaired) electrons. The first-order chi connectivity index (χ1) is 15.4. The van der Waals surface area contributed by atoms with E-state index in [-0.39, 0.29) is 19.6 Å². The predicted octanol–water partition coefficient (Wildman–Crippen LogP) is -0.234. The average Bonchev–Trinajstić information content (AvgIpc) is 2.75. The van der Waals surface area contributed by atoms with Crippen LogP contribution >= 0.6 is 0 Å². The molecule has 0 heterocycles. The molecule has 0 fully saturated rings. The summed E-state index contributed by atoms with van der Waals surface area (Å²) >= 11 is 0. The van der Waals surface area contributed by atoms with Gasteiger partial charge in [-0.25, -0.2) is 4.79 Å². The zero-order valence-electron chi connectivity index (χ0n) is 20.0. The first kappa shape index (κ1) is 34.3. The third kappa shape index (κ3) is 14.9. The maximum absolute atomic E-state index is 10.6. The van der Waals surface area contributed by atoms with Crippen molar-refractivity contribution < 1.29 is 50.8 Å². The van der Waals surface area contributed by atoms with Crippen LogP contribution in [0.15, 0.2) is 0 Å². The highest BCUT2D eigenvalue weighted by Gasteiger charge is 2.65. The smallest absolute Gasteiger partial charge is 0.370 e. The quantitative estimate of drug-likeness (QED) is 0.0803. The molecule has 0 saturated carbocycles. The van der Waals surface area contributed by atoms with Crippen LogP contribution < -0.4 is 5.32 Å². The number of carboxylic acid groups (broad SMARTS) is 1. The SMILES string of the molecule is CCCCCCCCCCCCCCC(O)(O)C(O)(O)C(O)(O)C(=O)O.OCCNCCO. The highest BCUT2D eigenvalue weighted by atomic mass is 16.7. The number of carbonyl (C=O) groups is 1. The molecule has 0 bridgehead atoms. The van der Waals surface area contributed by atoms with Crippen molar-refractivity contribution in [2.24, 2.45) is 0 Å². The standard InChI is InChI=1S/C18H36O8.C4H11NO2/c1-2-3-4-5-6-7-8-9-10-11-12-13-14-16(21,22)18(25,26)17(23,24)15(19)20;6-3-1-5-2-4-7/h21-26H,2-14H2,1H3,(H,19,20);5-7H,1-4H2. The minimum atomic E-state index is -4.10. The Bertz CT molecular complexity index is 468. The maximum Gasteiger partial charge on any atom is 0.370 e. The fourth-order valence-corrected chi connectivity index (χ4v) is 3.10. The molecule has 0 aromatic heterocycles. The fourth-order valence-electron chi connectivity index (χ4n) is 3.10. The molecule has 0 rings (SSSR count). The zero-order chi connectivity index (χ0) is 25.8. The summed E-state index contributed by atoms with van der Waals surface area (Å²) in [5.41, 5.74) is 0. The average molecular weight is 486 g/mol. The van der Waals surface area contributed by atoms with Crippen LogP contribution in [0.5, 0.6) is 0 Å². The van der Waals surface area contributed by atoms with Crippen LogP contribution in [-0.4, -0.2) is 95.6 Å². The Labute approximate surface area is 196 Å². The van der Waals surface area contributed by atoms with E-state index in [4.69, 9.17) is 15.3 Å². The van der Waals surface area contributed by atoms with Crippen molar-refractivity contribution in [2.45, 2.75) is 108 Å². The number of aliphatic hydroxyl groups is 8. The van der Waals surface area contributed by atoms with Crippen molar-refractivity contribution >= 4 is 5.97 Å². The van der Waals surface area contributed by atoms with E-state index in [9.17, 15) is 35.4 Å². The highest BCUT2D eigenvalue weighted by Crippen LogP contribution is 2.32. The Kier molecular flexibility index (Phi) is 20.2. The Morgan fingerprint density at radius 1 is 0.667 bits per heavy atom. The molecule has 11 nitrogen and oxygen atoms in total. The number of hydrogen-bond donors (Lipinski definition) is 10. The van der Waals surface area contributed by atoms with E-state index >= 15 is 0 Å². The third-order valence-corrected chi connectivity index (χ3v) is 5.30. The summed E-state index contributed by atoms with van der Waals surface area (Å²) in [5.74, 6) is -13.9. The molecular formula is C22H47NO10. The van der Waals surface area contributed by atoms with Gasteiger partial charge in [0.2, 0.25) is 5.79 Å². The van der Waals surface area contributed by atoms with Gasteiger partial charge in [-0.15, -0.1) is 0 Å². The Hall–Kier alpha value is -0.890. The van der Waals surface area contributed by atoms with Crippen molar-refractivity contribution in [2.75, 3.05) is 26.3 Å². The monoisotopic (exact) mass is 485 g/mol. The van der Waals surface area contributed by atoms with Crippen LogP contribution in [0.3, 0.4) is 0 Å². The van der Waals surface area contributed by atoms with E-state index < -0.39 is 29.8 Å². The molecule has 200 valence electrons. The van der Waals surface area contributed by atoms with Gasteiger partial charge in [0.1, 0.15) is 0 Å². The van der Waals surface area contributed by atoms with Crippen molar-refractivity contribution in [3.8, 4) is 0 Å². The first-order valence-electron chi connectivity index (χ1n) is 11.9. The molecule has 10 N–H and O–H groups in total. The molecule has 0 aliphatic carbocycles. The second kappa shape index (κ2) is 19.4. The Balaban J connectivity index is 0. The molecule has 0 amide bonds. The van der Waals surface area contributed by atoms with E-state index in [2.05, 4.69) is 12.2 Å². The van der Waals surface area contributed by atoms with E-state index in [1.807, 2.05) is 0 Å². The lowest BCUT2D eigenvalue weighted by Crippen LogP contribution is -2.71. The number of nitrogens with one attached hydrogen (secondary N) is 1. The summed E-state index contributed by atoms with van der Waals surface area (Å²) < 4.78 is 0. The molecule has 0 atom stereocenters. The number of rotatable bonds is 20. The number of hydrogen-bond acceptors (Lipinski definition) is 10. The van der Waals surface area contributed by atoms with Crippen molar-refractivity contribution in [3.05, 3.63) is 0 Å². The van der Waals surface area contributed by atoms with Crippen LogP contribution in [-0.2, 0) is 4.79 Å². The molecule has 0 aromatic carbocycles. The van der Waals surface area contributed by atoms with Crippen LogP contribution in [0.1, 0.15) is 90.4 Å².